The summed E-state index contributed by atoms with van der Waals surface area (Å²) in [6.07, 6.45) is 0. The zero-order chi connectivity index (χ0) is 25.3. The third-order valence-corrected chi connectivity index (χ3v) is 6.78. The van der Waals surface area contributed by atoms with E-state index >= 15 is 0 Å². The average molecular weight is 499 g/mol. The standard InChI is InChI=1S/C24H30N6O4S/c1-24(2,3)22-26-19-18(21(32)29(5)23(33)28(19)4)20(27-22)35-14-17(31)25-15-6-8-16(9-7-15)30-10-12-34-13-11-30/h6-9H,10-14H2,1-5H3,(H,25,31). The minimum atomic E-state index is -0.481. The molecule has 1 saturated heterocycles. The largest absolute Gasteiger partial charge is 0.378 e. The molecule has 4 rings (SSSR count). The first kappa shape index (κ1) is 24.9. The number of benzene rings is 1. The maximum atomic E-state index is 12.9. The summed E-state index contributed by atoms with van der Waals surface area (Å²) in [5.41, 5.74) is 0.684. The number of aromatic nitrogens is 4. The van der Waals surface area contributed by atoms with Crippen molar-refractivity contribution in [3.8, 4) is 0 Å². The van der Waals surface area contributed by atoms with Crippen LogP contribution in [0.3, 0.4) is 0 Å². The molecule has 11 heteroatoms. The molecule has 35 heavy (non-hydrogen) atoms. The van der Waals surface area contributed by atoms with Gasteiger partial charge in [0.1, 0.15) is 16.2 Å². The fraction of sp³-hybridized carbons (Fsp3) is 0.458. The number of ether oxygens (including phenoxy) is 1. The van der Waals surface area contributed by atoms with Gasteiger partial charge in [0, 0.05) is 44.0 Å². The molecule has 0 radical (unpaired) electrons. The van der Waals surface area contributed by atoms with E-state index in [0.29, 0.717) is 29.8 Å². The number of anilines is 2. The van der Waals surface area contributed by atoms with Crippen LogP contribution in [0.5, 0.6) is 0 Å². The quantitative estimate of drug-likeness (QED) is 0.419. The van der Waals surface area contributed by atoms with Crippen molar-refractivity contribution in [3.63, 3.8) is 0 Å². The van der Waals surface area contributed by atoms with E-state index in [0.717, 1.165) is 35.1 Å². The number of nitrogens with zero attached hydrogens (tertiary/aromatic N) is 5. The van der Waals surface area contributed by atoms with E-state index in [9.17, 15) is 14.4 Å². The molecule has 0 saturated carbocycles. The van der Waals surface area contributed by atoms with Gasteiger partial charge in [0.05, 0.1) is 19.0 Å². The van der Waals surface area contributed by atoms with Crippen LogP contribution < -0.4 is 21.5 Å². The number of rotatable bonds is 5. The molecule has 0 bridgehead atoms. The molecule has 1 aliphatic heterocycles. The Morgan fingerprint density at radius 1 is 1.06 bits per heavy atom. The Labute approximate surface area is 207 Å². The van der Waals surface area contributed by atoms with E-state index in [2.05, 4.69) is 20.2 Å². The van der Waals surface area contributed by atoms with Crippen LogP contribution in [0, 0.1) is 0 Å². The normalized spacial score (nSPS) is 14.4. The fourth-order valence-corrected chi connectivity index (χ4v) is 4.59. The predicted molar refractivity (Wildman–Crippen MR) is 138 cm³/mol. The molecule has 0 aliphatic carbocycles. The van der Waals surface area contributed by atoms with Gasteiger partial charge >= 0.3 is 5.69 Å². The van der Waals surface area contributed by atoms with E-state index in [1.807, 2.05) is 45.0 Å². The van der Waals surface area contributed by atoms with E-state index < -0.39 is 16.7 Å². The second-order valence-corrected chi connectivity index (χ2v) is 10.5. The van der Waals surface area contributed by atoms with Crippen LogP contribution in [0.1, 0.15) is 26.6 Å². The van der Waals surface area contributed by atoms with Crippen molar-refractivity contribution in [2.24, 2.45) is 14.1 Å². The lowest BCUT2D eigenvalue weighted by atomic mass is 9.96. The summed E-state index contributed by atoms with van der Waals surface area (Å²) >= 11 is 1.16. The van der Waals surface area contributed by atoms with E-state index in [-0.39, 0.29) is 22.7 Å². The molecule has 0 spiro atoms. The van der Waals surface area contributed by atoms with Crippen LogP contribution in [-0.2, 0) is 29.0 Å². The van der Waals surface area contributed by atoms with Gasteiger partial charge in [0.2, 0.25) is 5.91 Å². The third kappa shape index (κ3) is 5.25. The molecular formula is C24H30N6O4S. The van der Waals surface area contributed by atoms with Crippen LogP contribution in [0.2, 0.25) is 0 Å². The van der Waals surface area contributed by atoms with Crippen LogP contribution >= 0.6 is 11.8 Å². The number of aryl methyl sites for hydroxylation is 1. The topological polar surface area (TPSA) is 111 Å². The van der Waals surface area contributed by atoms with Crippen LogP contribution in [-0.4, -0.2) is 57.1 Å². The minimum absolute atomic E-state index is 0.0485. The van der Waals surface area contributed by atoms with Gasteiger partial charge in [-0.05, 0) is 24.3 Å². The molecule has 1 amide bonds. The summed E-state index contributed by atoms with van der Waals surface area (Å²) in [4.78, 5) is 49.5. The van der Waals surface area contributed by atoms with Crippen molar-refractivity contribution in [2.75, 3.05) is 42.3 Å². The van der Waals surface area contributed by atoms with Gasteiger partial charge < -0.3 is 15.0 Å². The summed E-state index contributed by atoms with van der Waals surface area (Å²) in [5.74, 6) is 0.321. The highest BCUT2D eigenvalue weighted by Gasteiger charge is 2.24. The molecule has 1 aromatic carbocycles. The average Bonchev–Trinajstić information content (AvgIpc) is 2.84. The van der Waals surface area contributed by atoms with Gasteiger partial charge in [-0.1, -0.05) is 32.5 Å². The predicted octanol–water partition coefficient (Wildman–Crippen LogP) is 1.89. The number of thioether (sulfide) groups is 1. The molecule has 3 aromatic rings. The molecule has 10 nitrogen and oxygen atoms in total. The first-order valence-electron chi connectivity index (χ1n) is 11.4. The lowest BCUT2D eigenvalue weighted by Gasteiger charge is -2.28. The molecule has 0 unspecified atom stereocenters. The Bertz CT molecular complexity index is 1370. The number of fused-ring (bicyclic) bond motifs is 1. The Balaban J connectivity index is 1.56. The zero-order valence-corrected chi connectivity index (χ0v) is 21.4. The number of carbonyl (C=O) groups excluding carboxylic acids is 1. The van der Waals surface area contributed by atoms with Crippen molar-refractivity contribution >= 4 is 40.1 Å². The highest BCUT2D eigenvalue weighted by atomic mass is 32.2. The van der Waals surface area contributed by atoms with Gasteiger partial charge in [0.15, 0.2) is 5.65 Å². The third-order valence-electron chi connectivity index (χ3n) is 5.80. The van der Waals surface area contributed by atoms with Crippen LogP contribution in [0.15, 0.2) is 38.9 Å². The Hall–Kier alpha value is -3.18. The molecule has 2 aromatic heterocycles. The molecule has 186 valence electrons. The van der Waals surface area contributed by atoms with Crippen molar-refractivity contribution < 1.29 is 9.53 Å². The maximum absolute atomic E-state index is 12.9. The van der Waals surface area contributed by atoms with E-state index in [1.54, 1.807) is 7.05 Å². The van der Waals surface area contributed by atoms with Gasteiger partial charge in [-0.15, -0.1) is 0 Å². The van der Waals surface area contributed by atoms with Crippen molar-refractivity contribution in [1.29, 1.82) is 0 Å². The molecule has 1 fully saturated rings. The van der Waals surface area contributed by atoms with Crippen LogP contribution in [0.4, 0.5) is 11.4 Å². The minimum Gasteiger partial charge on any atom is -0.378 e. The molecule has 3 heterocycles. The van der Waals surface area contributed by atoms with Crippen LogP contribution in [0.25, 0.3) is 11.0 Å². The lowest BCUT2D eigenvalue weighted by molar-refractivity contribution is -0.113. The number of hydrogen-bond donors (Lipinski definition) is 1. The summed E-state index contributed by atoms with van der Waals surface area (Å²) in [5, 5.41) is 3.51. The summed E-state index contributed by atoms with van der Waals surface area (Å²) in [6.45, 7) is 8.97. The van der Waals surface area contributed by atoms with E-state index in [1.165, 1.54) is 11.6 Å². The fourth-order valence-electron chi connectivity index (χ4n) is 3.78. The monoisotopic (exact) mass is 498 g/mol. The Kier molecular flexibility index (Phi) is 7.00. The highest BCUT2D eigenvalue weighted by Crippen LogP contribution is 2.27. The summed E-state index contributed by atoms with van der Waals surface area (Å²) in [6, 6.07) is 7.70. The molecule has 0 atom stereocenters. The van der Waals surface area contributed by atoms with Crippen molar-refractivity contribution in [1.82, 2.24) is 19.1 Å². The number of carbonyl (C=O) groups is 1. The zero-order valence-electron chi connectivity index (χ0n) is 20.6. The first-order chi connectivity index (χ1) is 16.6. The van der Waals surface area contributed by atoms with E-state index in [4.69, 9.17) is 4.74 Å². The molecule has 1 N–H and O–H groups in total. The first-order valence-corrected chi connectivity index (χ1v) is 12.4. The molecular weight excluding hydrogens is 468 g/mol. The number of morpholine rings is 1. The SMILES string of the molecule is Cn1c(=O)c2c(SCC(=O)Nc3ccc(N4CCOCC4)cc3)nc(C(C)(C)C)nc2n(C)c1=O. The van der Waals surface area contributed by atoms with Crippen molar-refractivity contribution in [3.05, 3.63) is 50.9 Å². The molecule has 1 aliphatic rings. The Morgan fingerprint density at radius 3 is 2.34 bits per heavy atom. The number of nitrogens with one attached hydrogen (secondary N) is 1. The maximum Gasteiger partial charge on any atom is 0.332 e. The van der Waals surface area contributed by atoms with Gasteiger partial charge in [-0.3, -0.25) is 18.7 Å². The number of amides is 1. The summed E-state index contributed by atoms with van der Waals surface area (Å²) in [7, 11) is 2.99. The van der Waals surface area contributed by atoms with Gasteiger partial charge in [0.25, 0.3) is 5.56 Å². The second-order valence-electron chi connectivity index (χ2n) is 9.49. The number of hydrogen-bond acceptors (Lipinski definition) is 8. The van der Waals surface area contributed by atoms with Crippen molar-refractivity contribution in [2.45, 2.75) is 31.2 Å². The highest BCUT2D eigenvalue weighted by molar-refractivity contribution is 8.00. The van der Waals surface area contributed by atoms with Gasteiger partial charge in [-0.25, -0.2) is 14.8 Å². The lowest BCUT2D eigenvalue weighted by Crippen LogP contribution is -2.38. The van der Waals surface area contributed by atoms with Gasteiger partial charge in [-0.2, -0.15) is 0 Å². The second kappa shape index (κ2) is 9.82. The Morgan fingerprint density at radius 2 is 1.71 bits per heavy atom. The summed E-state index contributed by atoms with van der Waals surface area (Å²) < 4.78 is 7.76. The smallest absolute Gasteiger partial charge is 0.332 e.